The van der Waals surface area contributed by atoms with Crippen LogP contribution >= 0.6 is 0 Å². The summed E-state index contributed by atoms with van der Waals surface area (Å²) >= 11 is 0. The summed E-state index contributed by atoms with van der Waals surface area (Å²) in [6.45, 7) is 6.35. The van der Waals surface area contributed by atoms with Crippen molar-refractivity contribution in [3.8, 4) is 0 Å². The van der Waals surface area contributed by atoms with Crippen molar-refractivity contribution in [1.82, 2.24) is 0 Å². The van der Waals surface area contributed by atoms with Crippen LogP contribution in [-0.4, -0.2) is 27.1 Å². The maximum absolute atomic E-state index is 5.51. The first-order valence-corrected chi connectivity index (χ1v) is 7.22. The Hall–Kier alpha value is -2.29. The quantitative estimate of drug-likeness (QED) is 0.627. The summed E-state index contributed by atoms with van der Waals surface area (Å²) in [6.07, 6.45) is 5.85. The van der Waals surface area contributed by atoms with Gasteiger partial charge in [0.15, 0.2) is 0 Å². The molecule has 0 fully saturated rings. The first-order chi connectivity index (χ1) is 10.5. The molecule has 0 atom stereocenters. The van der Waals surface area contributed by atoms with Gasteiger partial charge in [-0.1, -0.05) is 17.7 Å². The van der Waals surface area contributed by atoms with Crippen molar-refractivity contribution in [3.63, 3.8) is 0 Å². The third-order valence-electron chi connectivity index (χ3n) is 3.78. The molecule has 116 valence electrons. The van der Waals surface area contributed by atoms with Crippen LogP contribution in [0.5, 0.6) is 0 Å². The van der Waals surface area contributed by atoms with E-state index in [9.17, 15) is 0 Å². The molecule has 0 unspecified atom stereocenters. The molecule has 0 radical (unpaired) electrons. The van der Waals surface area contributed by atoms with Crippen molar-refractivity contribution < 1.29 is 13.9 Å². The summed E-state index contributed by atoms with van der Waals surface area (Å²) in [4.78, 5) is 0. The fraction of sp³-hybridized carbons (Fsp3) is 0.316. The number of carbonyl (C=O) groups excluding carboxylic acids is 1. The summed E-state index contributed by atoms with van der Waals surface area (Å²) in [5, 5.41) is 0. The minimum atomic E-state index is 0.711. The maximum atomic E-state index is 5.51. The van der Waals surface area contributed by atoms with Crippen molar-refractivity contribution in [1.29, 1.82) is 0 Å². The van der Waals surface area contributed by atoms with E-state index < -0.39 is 0 Å². The van der Waals surface area contributed by atoms with E-state index in [1.807, 2.05) is 12.2 Å². The molecule has 0 heterocycles. The van der Waals surface area contributed by atoms with E-state index in [2.05, 4.69) is 39.0 Å². The molecule has 0 aromatic heterocycles. The number of ether oxygens (including phenoxy) is 2. The largest absolute Gasteiger partial charge is 0.496 e. The summed E-state index contributed by atoms with van der Waals surface area (Å²) in [5.74, 6) is 2.18. The Morgan fingerprint density at radius 3 is 2.09 bits per heavy atom. The third kappa shape index (κ3) is 3.14. The Labute approximate surface area is 132 Å². The van der Waals surface area contributed by atoms with Gasteiger partial charge in [-0.3, -0.25) is 4.42 Å². The third-order valence-corrected chi connectivity index (χ3v) is 3.78. The number of ketones is 1. The molecule has 0 bridgehead atoms. The van der Waals surface area contributed by atoms with Gasteiger partial charge < -0.3 is 9.47 Å². The van der Waals surface area contributed by atoms with Crippen LogP contribution in [0.4, 0.5) is 0 Å². The van der Waals surface area contributed by atoms with Crippen molar-refractivity contribution in [2.45, 2.75) is 20.8 Å². The molecule has 0 saturated carbocycles. The Morgan fingerprint density at radius 1 is 0.955 bits per heavy atom. The molecule has 0 spiro atoms. The molecule has 1 aliphatic carbocycles. The average molecular weight is 299 g/mol. The molecule has 2 rings (SSSR count). The number of benzene rings is 1. The minimum Gasteiger partial charge on any atom is -0.496 e. The molecule has 1 aromatic carbocycles. The number of rotatable bonds is 3. The van der Waals surface area contributed by atoms with Gasteiger partial charge in [0, 0.05) is 6.08 Å². The standard InChI is InChI=1S/C19H23O3/c1-12-7-13(2)16(14(3)8-12)11-17-18(21-5)9-15(20-4)10-19(17)22-6/h7-11H,1-6H3/q+1. The lowest BCUT2D eigenvalue weighted by molar-refractivity contribution is -0.418. The molecule has 3 nitrogen and oxygen atoms in total. The molecular weight excluding hydrogens is 276 g/mol. The lowest BCUT2D eigenvalue weighted by Crippen LogP contribution is -2.12. The van der Waals surface area contributed by atoms with Crippen LogP contribution in [0.3, 0.4) is 0 Å². The van der Waals surface area contributed by atoms with Gasteiger partial charge in [-0.25, -0.2) is 0 Å². The van der Waals surface area contributed by atoms with Gasteiger partial charge >= 0.3 is 5.78 Å². The fourth-order valence-corrected chi connectivity index (χ4v) is 2.74. The molecule has 1 aliphatic rings. The second-order valence-corrected chi connectivity index (χ2v) is 5.40. The van der Waals surface area contributed by atoms with Crippen molar-refractivity contribution in [3.05, 3.63) is 63.6 Å². The molecule has 3 heteroatoms. The minimum absolute atomic E-state index is 0.711. The molecule has 1 aromatic rings. The molecule has 0 aliphatic heterocycles. The summed E-state index contributed by atoms with van der Waals surface area (Å²) in [7, 11) is 4.94. The monoisotopic (exact) mass is 299 g/mol. The van der Waals surface area contributed by atoms with Crippen molar-refractivity contribution in [2.75, 3.05) is 21.3 Å². The van der Waals surface area contributed by atoms with Crippen LogP contribution in [0.15, 0.2) is 41.4 Å². The Balaban J connectivity index is 2.60. The number of allylic oxidation sites excluding steroid dienone is 3. The number of hydrogen-bond acceptors (Lipinski definition) is 2. The molecule has 0 N–H and O–H groups in total. The van der Waals surface area contributed by atoms with Gasteiger partial charge in [-0.2, -0.15) is 0 Å². The highest BCUT2D eigenvalue weighted by atomic mass is 16.5. The van der Waals surface area contributed by atoms with E-state index >= 15 is 0 Å². The van der Waals surface area contributed by atoms with Gasteiger partial charge in [-0.05, 0) is 43.5 Å². The second kappa shape index (κ2) is 6.65. The summed E-state index contributed by atoms with van der Waals surface area (Å²) in [6, 6.07) is 4.36. The average Bonchev–Trinajstić information content (AvgIpc) is 2.50. The highest BCUT2D eigenvalue weighted by molar-refractivity contribution is 6.12. The molecular formula is C19H23O3+. The van der Waals surface area contributed by atoms with E-state index in [1.54, 1.807) is 21.3 Å². The Bertz CT molecular complexity index is 680. The van der Waals surface area contributed by atoms with Crippen LogP contribution in [0.25, 0.3) is 6.08 Å². The highest BCUT2D eigenvalue weighted by Crippen LogP contribution is 2.27. The summed E-state index contributed by atoms with van der Waals surface area (Å²) < 4.78 is 16.3. The lowest BCUT2D eigenvalue weighted by atomic mass is 9.94. The van der Waals surface area contributed by atoms with Gasteiger partial charge in [0.25, 0.3) is 7.11 Å². The predicted molar refractivity (Wildman–Crippen MR) is 89.7 cm³/mol. The van der Waals surface area contributed by atoms with E-state index in [1.165, 1.54) is 22.3 Å². The Morgan fingerprint density at radius 2 is 1.59 bits per heavy atom. The van der Waals surface area contributed by atoms with Gasteiger partial charge in [0.05, 0.1) is 20.3 Å². The molecule has 22 heavy (non-hydrogen) atoms. The maximum Gasteiger partial charge on any atom is 0.357 e. The fourth-order valence-electron chi connectivity index (χ4n) is 2.74. The zero-order chi connectivity index (χ0) is 16.3. The van der Waals surface area contributed by atoms with Crippen LogP contribution in [0, 0.1) is 20.8 Å². The van der Waals surface area contributed by atoms with Crippen LogP contribution in [0.2, 0.25) is 0 Å². The van der Waals surface area contributed by atoms with Crippen molar-refractivity contribution in [2.24, 2.45) is 0 Å². The first-order valence-electron chi connectivity index (χ1n) is 7.22. The van der Waals surface area contributed by atoms with Gasteiger partial charge in [0.1, 0.15) is 17.1 Å². The topological polar surface area (TPSA) is 29.8 Å². The zero-order valence-electron chi connectivity index (χ0n) is 14.1. The van der Waals surface area contributed by atoms with Crippen molar-refractivity contribution >= 4 is 11.9 Å². The number of methoxy groups -OCH3 is 2. The van der Waals surface area contributed by atoms with E-state index in [0.717, 1.165) is 17.1 Å². The van der Waals surface area contributed by atoms with Crippen LogP contribution in [0.1, 0.15) is 22.3 Å². The van der Waals surface area contributed by atoms with Crippen LogP contribution < -0.4 is 0 Å². The normalized spacial score (nSPS) is 18.3. The lowest BCUT2D eigenvalue weighted by Gasteiger charge is -2.14. The number of aryl methyl sites for hydroxylation is 3. The SMILES string of the molecule is COC1=CC(=[O+]C)C(=Cc2c(C)cc(C)cc2C)C(OC)=C1. The smallest absolute Gasteiger partial charge is 0.357 e. The second-order valence-electron chi connectivity index (χ2n) is 5.40. The molecule has 0 amide bonds. The van der Waals surface area contributed by atoms with E-state index in [4.69, 9.17) is 13.9 Å². The predicted octanol–water partition coefficient (Wildman–Crippen LogP) is 3.80. The first kappa shape index (κ1) is 16.1. The summed E-state index contributed by atoms with van der Waals surface area (Å²) in [5.41, 5.74) is 5.84. The van der Waals surface area contributed by atoms with Crippen LogP contribution in [-0.2, 0) is 13.9 Å². The van der Waals surface area contributed by atoms with E-state index in [0.29, 0.717) is 5.76 Å². The molecule has 0 saturated heterocycles. The zero-order valence-corrected chi connectivity index (χ0v) is 14.1. The Kier molecular flexibility index (Phi) is 4.86. The number of hydrogen-bond donors (Lipinski definition) is 0. The van der Waals surface area contributed by atoms with Gasteiger partial charge in [0.2, 0.25) is 0 Å². The highest BCUT2D eigenvalue weighted by Gasteiger charge is 2.27. The van der Waals surface area contributed by atoms with Gasteiger partial charge in [-0.15, -0.1) is 0 Å². The van der Waals surface area contributed by atoms with E-state index in [-0.39, 0.29) is 0 Å².